The Balaban J connectivity index is 1.90. The highest BCUT2D eigenvalue weighted by Crippen LogP contribution is 2.23. The largest absolute Gasteiger partial charge is 0.489 e. The van der Waals surface area contributed by atoms with E-state index >= 15 is 0 Å². The Hall–Kier alpha value is -2.93. The van der Waals surface area contributed by atoms with Crippen molar-refractivity contribution >= 4 is 16.8 Å². The highest BCUT2D eigenvalue weighted by atomic mass is 19.1. The van der Waals surface area contributed by atoms with Gasteiger partial charge in [-0.15, -0.1) is 0 Å². The Labute approximate surface area is 137 Å². The van der Waals surface area contributed by atoms with Crippen LogP contribution in [0.15, 0.2) is 42.7 Å². The second-order valence-electron chi connectivity index (χ2n) is 5.21. The van der Waals surface area contributed by atoms with Crippen LogP contribution in [0.2, 0.25) is 0 Å². The van der Waals surface area contributed by atoms with Crippen LogP contribution >= 0.6 is 0 Å². The van der Waals surface area contributed by atoms with Crippen molar-refractivity contribution in [2.24, 2.45) is 0 Å². The number of nitrogens with one attached hydrogen (secondary N) is 1. The number of carbonyl (C=O) groups excluding carboxylic acids is 1. The van der Waals surface area contributed by atoms with Gasteiger partial charge in [-0.1, -0.05) is 0 Å². The lowest BCUT2D eigenvalue weighted by atomic mass is 10.2. The van der Waals surface area contributed by atoms with Crippen LogP contribution in [0.4, 0.5) is 4.39 Å². The van der Waals surface area contributed by atoms with Gasteiger partial charge in [0.25, 0.3) is 5.91 Å². The van der Waals surface area contributed by atoms with Crippen molar-refractivity contribution in [1.29, 1.82) is 0 Å². The molecule has 0 atom stereocenters. The summed E-state index contributed by atoms with van der Waals surface area (Å²) < 4.78 is 20.6. The minimum absolute atomic E-state index is 0.129. The zero-order chi connectivity index (χ0) is 17.1. The van der Waals surface area contributed by atoms with E-state index in [0.29, 0.717) is 18.9 Å². The van der Waals surface area contributed by atoms with Gasteiger partial charge in [-0.2, -0.15) is 0 Å². The molecule has 0 fully saturated rings. The summed E-state index contributed by atoms with van der Waals surface area (Å²) in [4.78, 5) is 15.6. The molecule has 0 spiro atoms. The Morgan fingerprint density at radius 3 is 2.79 bits per heavy atom. The van der Waals surface area contributed by atoms with Crippen LogP contribution in [0.1, 0.15) is 23.0 Å². The monoisotopic (exact) mass is 329 g/mol. The topological polar surface area (TPSA) is 76.4 Å². The van der Waals surface area contributed by atoms with Crippen LogP contribution < -0.4 is 10.2 Å². The maximum Gasteiger partial charge on any atom is 0.293 e. The summed E-state index contributed by atoms with van der Waals surface area (Å²) in [7, 11) is 0. The molecule has 7 heteroatoms. The van der Waals surface area contributed by atoms with E-state index in [9.17, 15) is 9.18 Å². The van der Waals surface area contributed by atoms with Gasteiger partial charge in [-0.05, 0) is 37.3 Å². The number of hydrogen-bond donors (Lipinski definition) is 2. The minimum atomic E-state index is -0.662. The summed E-state index contributed by atoms with van der Waals surface area (Å²) in [5, 5.41) is 9.58. The fraction of sp³-hybridized carbons (Fsp3) is 0.176. The maximum atomic E-state index is 12.9. The second kappa shape index (κ2) is 6.67. The lowest BCUT2D eigenvalue weighted by Crippen LogP contribution is -2.19. The van der Waals surface area contributed by atoms with E-state index in [1.165, 1.54) is 12.1 Å². The van der Waals surface area contributed by atoms with E-state index in [-0.39, 0.29) is 11.5 Å². The molecule has 0 aliphatic rings. The van der Waals surface area contributed by atoms with Crippen molar-refractivity contribution < 1.29 is 19.1 Å². The fourth-order valence-electron chi connectivity index (χ4n) is 2.51. The first kappa shape index (κ1) is 15.9. The quantitative estimate of drug-likeness (QED) is 0.557. The van der Waals surface area contributed by atoms with E-state index in [1.807, 2.05) is 17.7 Å². The van der Waals surface area contributed by atoms with Gasteiger partial charge in [0.05, 0.1) is 5.52 Å². The smallest absolute Gasteiger partial charge is 0.293 e. The van der Waals surface area contributed by atoms with Crippen molar-refractivity contribution in [2.45, 2.75) is 20.1 Å². The van der Waals surface area contributed by atoms with Gasteiger partial charge >= 0.3 is 0 Å². The molecule has 0 saturated heterocycles. The van der Waals surface area contributed by atoms with Crippen molar-refractivity contribution in [3.05, 3.63) is 59.8 Å². The highest BCUT2D eigenvalue weighted by molar-refractivity contribution is 5.95. The van der Waals surface area contributed by atoms with Crippen LogP contribution in [0.5, 0.6) is 5.75 Å². The fourth-order valence-corrected chi connectivity index (χ4v) is 2.51. The van der Waals surface area contributed by atoms with Crippen LogP contribution in [0.25, 0.3) is 10.9 Å². The molecule has 2 aromatic heterocycles. The second-order valence-corrected chi connectivity index (χ2v) is 5.21. The summed E-state index contributed by atoms with van der Waals surface area (Å²) in [5.74, 6) is -0.410. The highest BCUT2D eigenvalue weighted by Gasteiger charge is 2.13. The van der Waals surface area contributed by atoms with Gasteiger partial charge in [-0.3, -0.25) is 15.0 Å². The normalized spacial score (nSPS) is 10.8. The summed E-state index contributed by atoms with van der Waals surface area (Å²) in [6.07, 6.45) is 3.51. The zero-order valence-corrected chi connectivity index (χ0v) is 13.0. The SMILES string of the molecule is CCn1cc(COc2ccc(F)cc2)c2cnc(C(=O)NO)cc21. The molecule has 0 saturated carbocycles. The zero-order valence-electron chi connectivity index (χ0n) is 13.0. The maximum absolute atomic E-state index is 12.9. The molecule has 0 unspecified atom stereocenters. The number of pyridine rings is 1. The van der Waals surface area contributed by atoms with E-state index < -0.39 is 5.91 Å². The summed E-state index contributed by atoms with van der Waals surface area (Å²) in [6, 6.07) is 7.43. The molecule has 1 amide bonds. The third-order valence-electron chi connectivity index (χ3n) is 3.73. The number of aryl methyl sites for hydroxylation is 1. The van der Waals surface area contributed by atoms with Crippen molar-refractivity contribution in [3.8, 4) is 5.75 Å². The molecule has 0 aliphatic carbocycles. The van der Waals surface area contributed by atoms with Crippen molar-refractivity contribution in [3.63, 3.8) is 0 Å². The lowest BCUT2D eigenvalue weighted by Gasteiger charge is -2.05. The summed E-state index contributed by atoms with van der Waals surface area (Å²) >= 11 is 0. The minimum Gasteiger partial charge on any atom is -0.489 e. The molecule has 0 bridgehead atoms. The summed E-state index contributed by atoms with van der Waals surface area (Å²) in [6.45, 7) is 2.98. The molecule has 2 N–H and O–H groups in total. The Morgan fingerprint density at radius 2 is 2.12 bits per heavy atom. The van der Waals surface area contributed by atoms with Gasteiger partial charge in [0, 0.05) is 29.9 Å². The molecule has 0 aliphatic heterocycles. The van der Waals surface area contributed by atoms with Gasteiger partial charge < -0.3 is 9.30 Å². The average molecular weight is 329 g/mol. The lowest BCUT2D eigenvalue weighted by molar-refractivity contribution is 0.0701. The molecule has 3 rings (SSSR count). The number of fused-ring (bicyclic) bond motifs is 1. The first-order valence-corrected chi connectivity index (χ1v) is 7.43. The molecule has 2 heterocycles. The van der Waals surface area contributed by atoms with Crippen LogP contribution in [0, 0.1) is 5.82 Å². The predicted octanol–water partition coefficient (Wildman–Crippen LogP) is 2.89. The van der Waals surface area contributed by atoms with Gasteiger partial charge in [0.15, 0.2) is 0 Å². The first-order chi connectivity index (χ1) is 11.6. The third-order valence-corrected chi connectivity index (χ3v) is 3.73. The Kier molecular flexibility index (Phi) is 4.43. The van der Waals surface area contributed by atoms with Gasteiger partial charge in [0.1, 0.15) is 23.9 Å². The molecular weight excluding hydrogens is 313 g/mol. The molecule has 124 valence electrons. The molecular formula is C17H16FN3O3. The number of halogens is 1. The predicted molar refractivity (Wildman–Crippen MR) is 85.4 cm³/mol. The number of amides is 1. The standard InChI is InChI=1S/C17H16FN3O3/c1-2-21-9-11(10-24-13-5-3-12(18)4-6-13)14-8-19-15(7-16(14)21)17(22)20-23/h3-9,23H,2,10H2,1H3,(H,20,22). The average Bonchev–Trinajstić information content (AvgIpc) is 2.97. The number of benzene rings is 1. The van der Waals surface area contributed by atoms with Gasteiger partial charge in [0.2, 0.25) is 0 Å². The van der Waals surface area contributed by atoms with Gasteiger partial charge in [-0.25, -0.2) is 9.87 Å². The van der Waals surface area contributed by atoms with Crippen molar-refractivity contribution in [2.75, 3.05) is 0 Å². The summed E-state index contributed by atoms with van der Waals surface area (Å²) in [5.41, 5.74) is 3.43. The van der Waals surface area contributed by atoms with E-state index in [1.54, 1.807) is 29.9 Å². The van der Waals surface area contributed by atoms with Crippen molar-refractivity contribution in [1.82, 2.24) is 15.0 Å². The number of rotatable bonds is 5. The number of nitrogens with zero attached hydrogens (tertiary/aromatic N) is 2. The van der Waals surface area contributed by atoms with E-state index in [0.717, 1.165) is 16.5 Å². The first-order valence-electron chi connectivity index (χ1n) is 7.43. The third kappa shape index (κ3) is 3.07. The number of carbonyl (C=O) groups is 1. The Bertz CT molecular complexity index is 875. The molecule has 3 aromatic rings. The molecule has 0 radical (unpaired) electrons. The molecule has 1 aromatic carbocycles. The number of hydrogen-bond acceptors (Lipinski definition) is 4. The van der Waals surface area contributed by atoms with Crippen LogP contribution in [-0.2, 0) is 13.2 Å². The van der Waals surface area contributed by atoms with E-state index in [4.69, 9.17) is 9.94 Å². The Morgan fingerprint density at radius 1 is 1.38 bits per heavy atom. The van der Waals surface area contributed by atoms with Crippen LogP contribution in [0.3, 0.4) is 0 Å². The number of aromatic nitrogens is 2. The molecule has 24 heavy (non-hydrogen) atoms. The molecule has 6 nitrogen and oxygen atoms in total. The van der Waals surface area contributed by atoms with E-state index in [2.05, 4.69) is 4.98 Å². The number of ether oxygens (including phenoxy) is 1. The number of hydroxylamine groups is 1. The van der Waals surface area contributed by atoms with Crippen LogP contribution in [-0.4, -0.2) is 20.7 Å².